The summed E-state index contributed by atoms with van der Waals surface area (Å²) in [6, 6.07) is 11.2. The minimum atomic E-state index is -3.76. The van der Waals surface area contributed by atoms with Gasteiger partial charge in [-0.3, -0.25) is 9.10 Å². The summed E-state index contributed by atoms with van der Waals surface area (Å²) >= 11 is 5.87. The Kier molecular flexibility index (Phi) is 5.98. The zero-order valence-electron chi connectivity index (χ0n) is 16.2. The molecule has 1 aliphatic rings. The predicted octanol–water partition coefficient (Wildman–Crippen LogP) is 2.86. The van der Waals surface area contributed by atoms with E-state index in [0.29, 0.717) is 29.4 Å². The Labute approximate surface area is 171 Å². The maximum Gasteiger partial charge on any atom is 0.264 e. The summed E-state index contributed by atoms with van der Waals surface area (Å²) in [7, 11) is -0.236. The van der Waals surface area contributed by atoms with Crippen LogP contribution < -0.4 is 4.31 Å². The maximum atomic E-state index is 13.0. The summed E-state index contributed by atoms with van der Waals surface area (Å²) in [5, 5.41) is 0.470. The quantitative estimate of drug-likeness (QED) is 0.761. The van der Waals surface area contributed by atoms with Crippen molar-refractivity contribution in [3.8, 4) is 0 Å². The molecule has 28 heavy (non-hydrogen) atoms. The number of hydrogen-bond acceptors (Lipinski definition) is 4. The molecule has 1 fully saturated rings. The van der Waals surface area contributed by atoms with Gasteiger partial charge in [-0.05, 0) is 55.9 Å². The van der Waals surface area contributed by atoms with E-state index in [2.05, 4.69) is 4.90 Å². The fourth-order valence-corrected chi connectivity index (χ4v) is 4.55. The van der Waals surface area contributed by atoms with Crippen molar-refractivity contribution < 1.29 is 13.2 Å². The van der Waals surface area contributed by atoms with E-state index in [4.69, 9.17) is 11.6 Å². The van der Waals surface area contributed by atoms with Crippen molar-refractivity contribution in [3.63, 3.8) is 0 Å². The van der Waals surface area contributed by atoms with Gasteiger partial charge in [0.05, 0.1) is 10.6 Å². The van der Waals surface area contributed by atoms with E-state index in [1.165, 1.54) is 23.5 Å². The number of likely N-dealkylation sites (N-methyl/N-ethyl adjacent to an activating group) is 1. The zero-order chi connectivity index (χ0) is 20.5. The number of rotatable bonds is 4. The second-order valence-corrected chi connectivity index (χ2v) is 9.43. The van der Waals surface area contributed by atoms with E-state index < -0.39 is 10.0 Å². The molecule has 1 aliphatic heterocycles. The van der Waals surface area contributed by atoms with Gasteiger partial charge in [-0.25, -0.2) is 8.42 Å². The molecule has 150 valence electrons. The van der Waals surface area contributed by atoms with Gasteiger partial charge < -0.3 is 9.80 Å². The number of benzene rings is 2. The monoisotopic (exact) mass is 421 g/mol. The number of halogens is 1. The van der Waals surface area contributed by atoms with E-state index in [-0.39, 0.29) is 10.8 Å². The van der Waals surface area contributed by atoms with Gasteiger partial charge in [0, 0.05) is 43.8 Å². The van der Waals surface area contributed by atoms with Crippen molar-refractivity contribution in [1.82, 2.24) is 9.80 Å². The minimum Gasteiger partial charge on any atom is -0.336 e. The van der Waals surface area contributed by atoms with Crippen molar-refractivity contribution in [3.05, 3.63) is 58.6 Å². The normalized spacial score (nSPS) is 15.5. The number of sulfonamides is 1. The van der Waals surface area contributed by atoms with E-state index in [9.17, 15) is 13.2 Å². The van der Waals surface area contributed by atoms with Gasteiger partial charge in [0.2, 0.25) is 0 Å². The summed E-state index contributed by atoms with van der Waals surface area (Å²) < 4.78 is 27.2. The van der Waals surface area contributed by atoms with Crippen LogP contribution in [0.15, 0.2) is 47.4 Å². The highest BCUT2D eigenvalue weighted by Gasteiger charge is 2.25. The molecule has 0 spiro atoms. The largest absolute Gasteiger partial charge is 0.336 e. The molecule has 0 bridgehead atoms. The molecule has 1 amide bonds. The average molecular weight is 422 g/mol. The molecule has 0 N–H and O–H groups in total. The highest BCUT2D eigenvalue weighted by Crippen LogP contribution is 2.27. The van der Waals surface area contributed by atoms with Gasteiger partial charge in [0.25, 0.3) is 15.9 Å². The molecule has 2 aromatic carbocycles. The summed E-state index contributed by atoms with van der Waals surface area (Å²) in [4.78, 5) is 17.0. The number of carbonyl (C=O) groups is 1. The summed E-state index contributed by atoms with van der Waals surface area (Å²) in [6.07, 6.45) is 0. The third-order valence-electron chi connectivity index (χ3n) is 5.06. The fraction of sp³-hybridized carbons (Fsp3) is 0.350. The molecule has 0 atom stereocenters. The second-order valence-electron chi connectivity index (χ2n) is 7.02. The van der Waals surface area contributed by atoms with Crippen LogP contribution >= 0.6 is 11.6 Å². The Morgan fingerprint density at radius 2 is 1.64 bits per heavy atom. The number of nitrogens with zero attached hydrogens (tertiary/aromatic N) is 3. The molecule has 1 saturated heterocycles. The van der Waals surface area contributed by atoms with Gasteiger partial charge in [-0.15, -0.1) is 0 Å². The Morgan fingerprint density at radius 1 is 1.04 bits per heavy atom. The summed E-state index contributed by atoms with van der Waals surface area (Å²) in [5.74, 6) is -0.0772. The fourth-order valence-electron chi connectivity index (χ4n) is 3.17. The lowest BCUT2D eigenvalue weighted by Crippen LogP contribution is -2.47. The van der Waals surface area contributed by atoms with Crippen LogP contribution in [0.25, 0.3) is 0 Å². The van der Waals surface area contributed by atoms with Crippen LogP contribution in [0.1, 0.15) is 15.9 Å². The number of amides is 1. The molecule has 6 nitrogen and oxygen atoms in total. The predicted molar refractivity (Wildman–Crippen MR) is 112 cm³/mol. The highest BCUT2D eigenvalue weighted by atomic mass is 35.5. The van der Waals surface area contributed by atoms with Crippen LogP contribution in [0.5, 0.6) is 0 Å². The molecule has 0 aliphatic carbocycles. The van der Waals surface area contributed by atoms with Gasteiger partial charge in [0.1, 0.15) is 0 Å². The van der Waals surface area contributed by atoms with Crippen LogP contribution in [0.2, 0.25) is 5.02 Å². The maximum absolute atomic E-state index is 13.0. The zero-order valence-corrected chi connectivity index (χ0v) is 17.8. The van der Waals surface area contributed by atoms with Gasteiger partial charge in [-0.2, -0.15) is 0 Å². The average Bonchev–Trinajstić information content (AvgIpc) is 2.68. The molecular weight excluding hydrogens is 398 g/mol. The SMILES string of the molecule is Cc1ccc(C(=O)N2CCN(C)CC2)cc1N(C)S(=O)(=O)c1ccc(Cl)cc1. The third-order valence-corrected chi connectivity index (χ3v) is 7.10. The number of aryl methyl sites for hydroxylation is 1. The number of carbonyl (C=O) groups excluding carboxylic acids is 1. The topological polar surface area (TPSA) is 60.9 Å². The van der Waals surface area contributed by atoms with Gasteiger partial charge in [0.15, 0.2) is 0 Å². The number of anilines is 1. The highest BCUT2D eigenvalue weighted by molar-refractivity contribution is 7.92. The van der Waals surface area contributed by atoms with Crippen molar-refractivity contribution >= 4 is 33.2 Å². The molecule has 0 radical (unpaired) electrons. The minimum absolute atomic E-state index is 0.0772. The molecule has 1 heterocycles. The van der Waals surface area contributed by atoms with Crippen molar-refractivity contribution in [2.75, 3.05) is 44.6 Å². The molecule has 2 aromatic rings. The van der Waals surface area contributed by atoms with Gasteiger partial charge in [-0.1, -0.05) is 17.7 Å². The smallest absolute Gasteiger partial charge is 0.264 e. The van der Waals surface area contributed by atoms with E-state index >= 15 is 0 Å². The molecular formula is C20H24ClN3O3S. The van der Waals surface area contributed by atoms with Crippen molar-refractivity contribution in [2.45, 2.75) is 11.8 Å². The van der Waals surface area contributed by atoms with Crippen LogP contribution in [0.4, 0.5) is 5.69 Å². The molecule has 0 unspecified atom stereocenters. The summed E-state index contributed by atoms with van der Waals surface area (Å²) in [5.41, 5.74) is 1.74. The first-order valence-electron chi connectivity index (χ1n) is 9.03. The third kappa shape index (κ3) is 4.16. The van der Waals surface area contributed by atoms with Crippen LogP contribution in [0.3, 0.4) is 0 Å². The molecule has 0 aromatic heterocycles. The second kappa shape index (κ2) is 8.11. The van der Waals surface area contributed by atoms with Gasteiger partial charge >= 0.3 is 0 Å². The van der Waals surface area contributed by atoms with Crippen molar-refractivity contribution in [2.24, 2.45) is 0 Å². The first-order valence-corrected chi connectivity index (χ1v) is 10.8. The number of hydrogen-bond donors (Lipinski definition) is 0. The molecule has 0 saturated carbocycles. The van der Waals surface area contributed by atoms with E-state index in [0.717, 1.165) is 18.7 Å². The Balaban J connectivity index is 1.90. The lowest BCUT2D eigenvalue weighted by Gasteiger charge is -2.32. The standard InChI is InChI=1S/C20H24ClN3O3S/c1-15-4-5-16(20(25)24-12-10-22(2)11-13-24)14-19(15)23(3)28(26,27)18-8-6-17(21)7-9-18/h4-9,14H,10-13H2,1-3H3. The van der Waals surface area contributed by atoms with Crippen molar-refractivity contribution in [1.29, 1.82) is 0 Å². The van der Waals surface area contributed by atoms with E-state index in [1.807, 2.05) is 18.9 Å². The molecule has 8 heteroatoms. The van der Waals surface area contributed by atoms with Crippen LogP contribution in [-0.4, -0.2) is 64.4 Å². The first-order chi connectivity index (χ1) is 13.2. The lowest BCUT2D eigenvalue weighted by molar-refractivity contribution is 0.0664. The summed E-state index contributed by atoms with van der Waals surface area (Å²) in [6.45, 7) is 4.81. The van der Waals surface area contributed by atoms with Crippen LogP contribution in [0, 0.1) is 6.92 Å². The molecule has 3 rings (SSSR count). The van der Waals surface area contributed by atoms with Crippen LogP contribution in [-0.2, 0) is 10.0 Å². The Bertz CT molecular complexity index is 969. The van der Waals surface area contributed by atoms with E-state index in [1.54, 1.807) is 30.3 Å². The Hall–Kier alpha value is -2.09. The lowest BCUT2D eigenvalue weighted by atomic mass is 10.1. The first kappa shape index (κ1) is 20.6. The Morgan fingerprint density at radius 3 is 2.25 bits per heavy atom. The number of piperazine rings is 1.